The SMILES string of the molecule is Cc1ccc(-c2ccc(C#N)c(=O)n2Cc2ccccc2)cc1C. The van der Waals surface area contributed by atoms with Gasteiger partial charge in [-0.15, -0.1) is 0 Å². The number of benzene rings is 2. The van der Waals surface area contributed by atoms with Crippen molar-refractivity contribution in [1.29, 1.82) is 5.26 Å². The molecule has 0 atom stereocenters. The van der Waals surface area contributed by atoms with E-state index in [0.29, 0.717) is 6.54 Å². The third-order valence-corrected chi connectivity index (χ3v) is 4.28. The lowest BCUT2D eigenvalue weighted by molar-refractivity contribution is 0.765. The summed E-state index contributed by atoms with van der Waals surface area (Å²) in [4.78, 5) is 12.7. The number of hydrogen-bond donors (Lipinski definition) is 0. The highest BCUT2D eigenvalue weighted by atomic mass is 16.1. The Morgan fingerprint density at radius 3 is 2.38 bits per heavy atom. The average molecular weight is 314 g/mol. The van der Waals surface area contributed by atoms with Crippen molar-refractivity contribution in [2.45, 2.75) is 20.4 Å². The molecule has 1 aromatic heterocycles. The minimum atomic E-state index is -0.253. The van der Waals surface area contributed by atoms with E-state index >= 15 is 0 Å². The topological polar surface area (TPSA) is 45.8 Å². The zero-order valence-corrected chi connectivity index (χ0v) is 13.8. The quantitative estimate of drug-likeness (QED) is 0.732. The number of hydrogen-bond acceptors (Lipinski definition) is 2. The van der Waals surface area contributed by atoms with Crippen LogP contribution >= 0.6 is 0 Å². The minimum Gasteiger partial charge on any atom is -0.303 e. The Hall–Kier alpha value is -3.12. The van der Waals surface area contributed by atoms with Crippen LogP contribution in [0.5, 0.6) is 0 Å². The van der Waals surface area contributed by atoms with E-state index in [9.17, 15) is 10.1 Å². The van der Waals surface area contributed by atoms with Crippen molar-refractivity contribution in [1.82, 2.24) is 4.57 Å². The highest BCUT2D eigenvalue weighted by Gasteiger charge is 2.11. The molecular formula is C21H18N2O. The van der Waals surface area contributed by atoms with Gasteiger partial charge in [0, 0.05) is 0 Å². The number of rotatable bonds is 3. The van der Waals surface area contributed by atoms with Crippen molar-refractivity contribution in [3.05, 3.63) is 93.3 Å². The van der Waals surface area contributed by atoms with Gasteiger partial charge in [0.25, 0.3) is 5.56 Å². The Morgan fingerprint density at radius 2 is 1.71 bits per heavy atom. The summed E-state index contributed by atoms with van der Waals surface area (Å²) >= 11 is 0. The largest absolute Gasteiger partial charge is 0.303 e. The first-order valence-electron chi connectivity index (χ1n) is 7.85. The van der Waals surface area contributed by atoms with Gasteiger partial charge in [0.05, 0.1) is 12.2 Å². The minimum absolute atomic E-state index is 0.165. The fraction of sp³-hybridized carbons (Fsp3) is 0.143. The van der Waals surface area contributed by atoms with E-state index in [2.05, 4.69) is 26.0 Å². The van der Waals surface area contributed by atoms with Gasteiger partial charge in [-0.05, 0) is 54.3 Å². The van der Waals surface area contributed by atoms with E-state index in [0.717, 1.165) is 16.8 Å². The summed E-state index contributed by atoms with van der Waals surface area (Å²) in [6, 6.07) is 21.4. The summed E-state index contributed by atoms with van der Waals surface area (Å²) in [6.45, 7) is 4.56. The summed E-state index contributed by atoms with van der Waals surface area (Å²) in [7, 11) is 0. The van der Waals surface area contributed by atoms with Gasteiger partial charge in [-0.2, -0.15) is 5.26 Å². The molecule has 0 spiro atoms. The molecule has 24 heavy (non-hydrogen) atoms. The zero-order valence-electron chi connectivity index (χ0n) is 13.8. The molecule has 0 aliphatic carbocycles. The summed E-state index contributed by atoms with van der Waals surface area (Å²) in [6.07, 6.45) is 0. The predicted octanol–water partition coefficient (Wildman–Crippen LogP) is 4.05. The van der Waals surface area contributed by atoms with Crippen LogP contribution in [0, 0.1) is 25.2 Å². The highest BCUT2D eigenvalue weighted by molar-refractivity contribution is 5.62. The van der Waals surface area contributed by atoms with Gasteiger partial charge in [-0.25, -0.2) is 0 Å². The molecule has 2 aromatic carbocycles. The van der Waals surface area contributed by atoms with Crippen molar-refractivity contribution in [3.8, 4) is 17.3 Å². The second kappa shape index (κ2) is 6.55. The fourth-order valence-electron chi connectivity index (χ4n) is 2.74. The van der Waals surface area contributed by atoms with Crippen molar-refractivity contribution in [3.63, 3.8) is 0 Å². The van der Waals surface area contributed by atoms with Crippen LogP contribution in [0.2, 0.25) is 0 Å². The Morgan fingerprint density at radius 1 is 0.958 bits per heavy atom. The highest BCUT2D eigenvalue weighted by Crippen LogP contribution is 2.22. The van der Waals surface area contributed by atoms with Crippen LogP contribution in [0.15, 0.2) is 65.5 Å². The molecule has 0 radical (unpaired) electrons. The summed E-state index contributed by atoms with van der Waals surface area (Å²) < 4.78 is 1.68. The van der Waals surface area contributed by atoms with Crippen LogP contribution in [-0.4, -0.2) is 4.57 Å². The Kier molecular flexibility index (Phi) is 4.31. The number of pyridine rings is 1. The molecule has 3 rings (SSSR count). The first kappa shape index (κ1) is 15.8. The van der Waals surface area contributed by atoms with Crippen molar-refractivity contribution in [2.75, 3.05) is 0 Å². The third kappa shape index (κ3) is 3.00. The van der Waals surface area contributed by atoms with Gasteiger partial charge in [-0.3, -0.25) is 4.79 Å². The Labute approximate surface area is 141 Å². The van der Waals surface area contributed by atoms with E-state index in [1.165, 1.54) is 11.1 Å². The molecule has 0 saturated carbocycles. The van der Waals surface area contributed by atoms with Crippen molar-refractivity contribution < 1.29 is 0 Å². The molecule has 1 heterocycles. The second-order valence-electron chi connectivity index (χ2n) is 5.92. The molecule has 0 aliphatic rings. The van der Waals surface area contributed by atoms with E-state index in [1.807, 2.05) is 48.5 Å². The summed E-state index contributed by atoms with van der Waals surface area (Å²) in [5, 5.41) is 9.19. The maximum Gasteiger partial charge on any atom is 0.269 e. The van der Waals surface area contributed by atoms with Gasteiger partial charge in [-0.1, -0.05) is 42.5 Å². The van der Waals surface area contributed by atoms with Crippen molar-refractivity contribution >= 4 is 0 Å². The molecule has 3 nitrogen and oxygen atoms in total. The Balaban J connectivity index is 2.19. The number of aryl methyl sites for hydroxylation is 2. The normalized spacial score (nSPS) is 10.4. The second-order valence-corrected chi connectivity index (χ2v) is 5.92. The summed E-state index contributed by atoms with van der Waals surface area (Å²) in [5.74, 6) is 0. The summed E-state index contributed by atoms with van der Waals surface area (Å²) in [5.41, 5.74) is 5.14. The number of nitrogens with zero attached hydrogens (tertiary/aromatic N) is 2. The maximum atomic E-state index is 12.7. The van der Waals surface area contributed by atoms with Crippen molar-refractivity contribution in [2.24, 2.45) is 0 Å². The van der Waals surface area contributed by atoms with Crippen LogP contribution in [0.4, 0.5) is 0 Å². The lowest BCUT2D eigenvalue weighted by atomic mass is 10.0. The van der Waals surface area contributed by atoms with E-state index in [1.54, 1.807) is 10.6 Å². The van der Waals surface area contributed by atoms with Gasteiger partial charge in [0.2, 0.25) is 0 Å². The first-order chi connectivity index (χ1) is 11.6. The molecule has 0 unspecified atom stereocenters. The smallest absolute Gasteiger partial charge is 0.269 e. The van der Waals surface area contributed by atoms with Gasteiger partial charge < -0.3 is 4.57 Å². The lowest BCUT2D eigenvalue weighted by Crippen LogP contribution is -2.24. The molecule has 0 saturated heterocycles. The number of aromatic nitrogens is 1. The van der Waals surface area contributed by atoms with Crippen LogP contribution in [-0.2, 0) is 6.54 Å². The van der Waals surface area contributed by atoms with E-state index < -0.39 is 0 Å². The lowest BCUT2D eigenvalue weighted by Gasteiger charge is -2.15. The standard InChI is InChI=1S/C21H18N2O/c1-15-8-9-18(12-16(15)2)20-11-10-19(13-22)21(24)23(20)14-17-6-4-3-5-7-17/h3-12H,14H2,1-2H3. The molecule has 0 amide bonds. The molecule has 3 aromatic rings. The molecule has 0 N–H and O–H groups in total. The van der Waals surface area contributed by atoms with Crippen LogP contribution in [0.3, 0.4) is 0 Å². The van der Waals surface area contributed by atoms with E-state index in [4.69, 9.17) is 0 Å². The zero-order chi connectivity index (χ0) is 17.1. The van der Waals surface area contributed by atoms with Crippen LogP contribution in [0.1, 0.15) is 22.3 Å². The Bertz CT molecular complexity index is 979. The third-order valence-electron chi connectivity index (χ3n) is 4.28. The van der Waals surface area contributed by atoms with Crippen LogP contribution in [0.25, 0.3) is 11.3 Å². The van der Waals surface area contributed by atoms with Gasteiger partial charge in [0.1, 0.15) is 11.6 Å². The van der Waals surface area contributed by atoms with Crippen LogP contribution < -0.4 is 5.56 Å². The average Bonchev–Trinajstić information content (AvgIpc) is 2.60. The molecule has 118 valence electrons. The number of nitriles is 1. The fourth-order valence-corrected chi connectivity index (χ4v) is 2.74. The molecule has 0 aliphatic heterocycles. The molecule has 3 heteroatoms. The molecular weight excluding hydrogens is 296 g/mol. The molecule has 0 fully saturated rings. The van der Waals surface area contributed by atoms with Gasteiger partial charge >= 0.3 is 0 Å². The van der Waals surface area contributed by atoms with E-state index in [-0.39, 0.29) is 11.1 Å². The molecule has 0 bridgehead atoms. The first-order valence-corrected chi connectivity index (χ1v) is 7.85. The maximum absolute atomic E-state index is 12.7. The van der Waals surface area contributed by atoms with Gasteiger partial charge in [0.15, 0.2) is 0 Å². The monoisotopic (exact) mass is 314 g/mol. The predicted molar refractivity (Wildman–Crippen MR) is 95.9 cm³/mol.